The topological polar surface area (TPSA) is 46.5 Å². The molecular formula is C17H18O3. The van der Waals surface area contributed by atoms with Gasteiger partial charge in [0.05, 0.1) is 0 Å². The summed E-state index contributed by atoms with van der Waals surface area (Å²) in [6.45, 7) is 3.64. The summed E-state index contributed by atoms with van der Waals surface area (Å²) in [7, 11) is 0. The molecule has 0 bridgehead atoms. The lowest BCUT2D eigenvalue weighted by Crippen LogP contribution is -2.22. The number of hydrogen-bond acceptors (Lipinski definition) is 2. The van der Waals surface area contributed by atoms with Crippen LogP contribution in [0.4, 0.5) is 0 Å². The van der Waals surface area contributed by atoms with Crippen molar-refractivity contribution in [3.8, 4) is 16.9 Å². The molecule has 20 heavy (non-hydrogen) atoms. The van der Waals surface area contributed by atoms with Gasteiger partial charge in [-0.1, -0.05) is 43.3 Å². The zero-order valence-electron chi connectivity index (χ0n) is 11.7. The van der Waals surface area contributed by atoms with Gasteiger partial charge in [0.1, 0.15) is 5.75 Å². The fraction of sp³-hybridized carbons (Fsp3) is 0.235. The lowest BCUT2D eigenvalue weighted by Gasteiger charge is -2.11. The van der Waals surface area contributed by atoms with Gasteiger partial charge in [0, 0.05) is 0 Å². The van der Waals surface area contributed by atoms with Crippen molar-refractivity contribution in [1.29, 1.82) is 0 Å². The summed E-state index contributed by atoms with van der Waals surface area (Å²) in [6.07, 6.45) is 0.162. The Morgan fingerprint density at radius 1 is 1.15 bits per heavy atom. The minimum atomic E-state index is -0.968. The molecule has 3 heteroatoms. The molecule has 0 saturated carbocycles. The van der Waals surface area contributed by atoms with Crippen LogP contribution in [0.3, 0.4) is 0 Å². The highest BCUT2D eigenvalue weighted by Crippen LogP contribution is 2.24. The standard InChI is InChI=1S/C17H18O3/c1-3-13-5-4-6-15(11-13)14-7-9-16(10-8-14)20-12(2)17(18)19/h4-12H,3H2,1-2H3,(H,18,19)/t12-/m1/s1. The van der Waals surface area contributed by atoms with E-state index >= 15 is 0 Å². The Labute approximate surface area is 118 Å². The molecule has 104 valence electrons. The highest BCUT2D eigenvalue weighted by Gasteiger charge is 2.12. The molecule has 2 aromatic rings. The molecule has 2 aromatic carbocycles. The number of carboxylic acid groups (broad SMARTS) is 1. The SMILES string of the molecule is CCc1cccc(-c2ccc(O[C@H](C)C(=O)O)cc2)c1. The number of aryl methyl sites for hydroxylation is 1. The molecule has 0 saturated heterocycles. The third-order valence-electron chi connectivity index (χ3n) is 3.18. The van der Waals surface area contributed by atoms with Crippen LogP contribution in [0.25, 0.3) is 11.1 Å². The third-order valence-corrected chi connectivity index (χ3v) is 3.18. The van der Waals surface area contributed by atoms with Gasteiger partial charge in [0.2, 0.25) is 0 Å². The van der Waals surface area contributed by atoms with Crippen LogP contribution in [0.5, 0.6) is 5.75 Å². The molecule has 0 aliphatic rings. The van der Waals surface area contributed by atoms with Crippen molar-refractivity contribution in [2.24, 2.45) is 0 Å². The largest absolute Gasteiger partial charge is 0.479 e. The number of benzene rings is 2. The van der Waals surface area contributed by atoms with Gasteiger partial charge in [-0.15, -0.1) is 0 Å². The molecule has 0 unspecified atom stereocenters. The molecule has 0 radical (unpaired) electrons. The number of ether oxygens (including phenoxy) is 1. The molecule has 3 nitrogen and oxygen atoms in total. The van der Waals surface area contributed by atoms with Gasteiger partial charge in [0.25, 0.3) is 0 Å². The van der Waals surface area contributed by atoms with E-state index in [9.17, 15) is 4.79 Å². The summed E-state index contributed by atoms with van der Waals surface area (Å²) >= 11 is 0. The predicted molar refractivity (Wildman–Crippen MR) is 79.0 cm³/mol. The van der Waals surface area contributed by atoms with Crippen molar-refractivity contribution in [1.82, 2.24) is 0 Å². The van der Waals surface area contributed by atoms with Gasteiger partial charge in [-0.05, 0) is 42.2 Å². The molecule has 1 atom stereocenters. The highest BCUT2D eigenvalue weighted by molar-refractivity contribution is 5.72. The fourth-order valence-electron chi connectivity index (χ4n) is 1.95. The molecule has 0 aliphatic carbocycles. The van der Waals surface area contributed by atoms with Crippen molar-refractivity contribution in [2.45, 2.75) is 26.4 Å². The predicted octanol–water partition coefficient (Wildman–Crippen LogP) is 3.77. The molecule has 0 spiro atoms. The van der Waals surface area contributed by atoms with E-state index in [-0.39, 0.29) is 0 Å². The van der Waals surface area contributed by atoms with E-state index in [0.717, 1.165) is 17.5 Å². The van der Waals surface area contributed by atoms with E-state index in [1.54, 1.807) is 12.1 Å². The number of carbonyl (C=O) groups is 1. The van der Waals surface area contributed by atoms with Crippen molar-refractivity contribution in [2.75, 3.05) is 0 Å². The number of rotatable bonds is 5. The molecular weight excluding hydrogens is 252 g/mol. The van der Waals surface area contributed by atoms with Gasteiger partial charge in [0.15, 0.2) is 6.10 Å². The van der Waals surface area contributed by atoms with E-state index in [1.165, 1.54) is 12.5 Å². The highest BCUT2D eigenvalue weighted by atomic mass is 16.5. The maximum absolute atomic E-state index is 10.7. The first kappa shape index (κ1) is 14.1. The normalized spacial score (nSPS) is 11.9. The molecule has 0 amide bonds. The van der Waals surface area contributed by atoms with E-state index < -0.39 is 12.1 Å². The Morgan fingerprint density at radius 3 is 2.45 bits per heavy atom. The Balaban J connectivity index is 2.17. The van der Waals surface area contributed by atoms with Gasteiger partial charge >= 0.3 is 5.97 Å². The van der Waals surface area contributed by atoms with Crippen LogP contribution in [0.15, 0.2) is 48.5 Å². The van der Waals surface area contributed by atoms with Crippen molar-refractivity contribution >= 4 is 5.97 Å². The second-order valence-corrected chi connectivity index (χ2v) is 4.68. The molecule has 0 fully saturated rings. The number of hydrogen-bond donors (Lipinski definition) is 1. The lowest BCUT2D eigenvalue weighted by atomic mass is 10.0. The molecule has 0 aliphatic heterocycles. The van der Waals surface area contributed by atoms with E-state index in [4.69, 9.17) is 9.84 Å². The molecule has 0 heterocycles. The Bertz CT molecular complexity index is 587. The first-order valence-corrected chi connectivity index (χ1v) is 6.69. The Hall–Kier alpha value is -2.29. The molecule has 1 N–H and O–H groups in total. The minimum Gasteiger partial charge on any atom is -0.479 e. The fourth-order valence-corrected chi connectivity index (χ4v) is 1.95. The zero-order valence-corrected chi connectivity index (χ0v) is 11.7. The minimum absolute atomic E-state index is 0.565. The Morgan fingerprint density at radius 2 is 1.85 bits per heavy atom. The average molecular weight is 270 g/mol. The maximum atomic E-state index is 10.7. The zero-order chi connectivity index (χ0) is 14.5. The monoisotopic (exact) mass is 270 g/mol. The van der Waals surface area contributed by atoms with Crippen LogP contribution in [-0.4, -0.2) is 17.2 Å². The number of aliphatic carboxylic acids is 1. The van der Waals surface area contributed by atoms with Crippen LogP contribution in [0, 0.1) is 0 Å². The lowest BCUT2D eigenvalue weighted by molar-refractivity contribution is -0.144. The quantitative estimate of drug-likeness (QED) is 0.899. The van der Waals surface area contributed by atoms with Crippen molar-refractivity contribution < 1.29 is 14.6 Å². The summed E-state index contributed by atoms with van der Waals surface area (Å²) in [4.78, 5) is 10.7. The second kappa shape index (κ2) is 6.24. The van der Waals surface area contributed by atoms with Gasteiger partial charge in [-0.3, -0.25) is 0 Å². The van der Waals surface area contributed by atoms with Crippen molar-refractivity contribution in [3.05, 3.63) is 54.1 Å². The van der Waals surface area contributed by atoms with Crippen LogP contribution in [0.2, 0.25) is 0 Å². The van der Waals surface area contributed by atoms with Crippen molar-refractivity contribution in [3.63, 3.8) is 0 Å². The third kappa shape index (κ3) is 3.38. The van der Waals surface area contributed by atoms with E-state index in [1.807, 2.05) is 18.2 Å². The van der Waals surface area contributed by atoms with Gasteiger partial charge < -0.3 is 9.84 Å². The van der Waals surface area contributed by atoms with Crippen LogP contribution in [0.1, 0.15) is 19.4 Å². The number of carboxylic acids is 1. The summed E-state index contributed by atoms with van der Waals surface area (Å²) < 4.78 is 5.31. The maximum Gasteiger partial charge on any atom is 0.344 e. The van der Waals surface area contributed by atoms with Gasteiger partial charge in [-0.25, -0.2) is 4.79 Å². The molecule has 2 rings (SSSR count). The smallest absolute Gasteiger partial charge is 0.344 e. The molecule has 0 aromatic heterocycles. The summed E-state index contributed by atoms with van der Waals surface area (Å²) in [5.74, 6) is -0.403. The summed E-state index contributed by atoms with van der Waals surface area (Å²) in [5, 5.41) is 8.81. The van der Waals surface area contributed by atoms with E-state index in [2.05, 4.69) is 25.1 Å². The Kier molecular flexibility index (Phi) is 4.41. The summed E-state index contributed by atoms with van der Waals surface area (Å²) in [5.41, 5.74) is 3.54. The van der Waals surface area contributed by atoms with Crippen LogP contribution < -0.4 is 4.74 Å². The van der Waals surface area contributed by atoms with Crippen LogP contribution >= 0.6 is 0 Å². The first-order chi connectivity index (χ1) is 9.60. The first-order valence-electron chi connectivity index (χ1n) is 6.69. The second-order valence-electron chi connectivity index (χ2n) is 4.68. The van der Waals surface area contributed by atoms with E-state index in [0.29, 0.717) is 5.75 Å². The van der Waals surface area contributed by atoms with Gasteiger partial charge in [-0.2, -0.15) is 0 Å². The summed E-state index contributed by atoms with van der Waals surface area (Å²) in [6, 6.07) is 15.9. The van der Waals surface area contributed by atoms with Crippen LogP contribution in [-0.2, 0) is 11.2 Å². The average Bonchev–Trinajstić information content (AvgIpc) is 2.48.